The van der Waals surface area contributed by atoms with Crippen molar-refractivity contribution < 1.29 is 14.3 Å². The van der Waals surface area contributed by atoms with Gasteiger partial charge < -0.3 is 14.8 Å². The summed E-state index contributed by atoms with van der Waals surface area (Å²) in [6.07, 6.45) is 0. The van der Waals surface area contributed by atoms with Crippen LogP contribution in [0.15, 0.2) is 52.9 Å². The smallest absolute Gasteiger partial charge is 0.273 e. The molecule has 1 aromatic heterocycles. The van der Waals surface area contributed by atoms with Crippen molar-refractivity contribution in [3.63, 3.8) is 0 Å². The lowest BCUT2D eigenvalue weighted by molar-refractivity contribution is 0.0945. The lowest BCUT2D eigenvalue weighted by atomic mass is 10.2. The Morgan fingerprint density at radius 3 is 2.71 bits per heavy atom. The van der Waals surface area contributed by atoms with E-state index in [-0.39, 0.29) is 23.9 Å². The first kappa shape index (κ1) is 16.1. The minimum atomic E-state index is -0.345. The molecule has 0 radical (unpaired) electrons. The van der Waals surface area contributed by atoms with Crippen molar-refractivity contribution >= 4 is 17.5 Å². The van der Waals surface area contributed by atoms with Gasteiger partial charge in [0.05, 0.1) is 0 Å². The Balaban J connectivity index is 1.75. The summed E-state index contributed by atoms with van der Waals surface area (Å²) in [5.41, 5.74) is 1.75. The van der Waals surface area contributed by atoms with Crippen LogP contribution < -0.4 is 5.32 Å². The number of halogens is 1. The third kappa shape index (κ3) is 3.41. The predicted octanol–water partition coefficient (Wildman–Crippen LogP) is 3.94. The molecule has 6 heteroatoms. The summed E-state index contributed by atoms with van der Waals surface area (Å²) in [6, 6.07) is 14.0. The molecular formula is C18H15ClN2O3. The maximum Gasteiger partial charge on any atom is 0.273 e. The van der Waals surface area contributed by atoms with E-state index in [1.54, 1.807) is 13.0 Å². The number of hydrogen-bond donors (Lipinski definition) is 2. The van der Waals surface area contributed by atoms with Gasteiger partial charge in [-0.15, -0.1) is 0 Å². The highest BCUT2D eigenvalue weighted by atomic mass is 35.5. The monoisotopic (exact) mass is 342 g/mol. The predicted molar refractivity (Wildman–Crippen MR) is 91.0 cm³/mol. The van der Waals surface area contributed by atoms with Gasteiger partial charge in [-0.2, -0.15) is 0 Å². The van der Waals surface area contributed by atoms with Gasteiger partial charge in [-0.25, -0.2) is 4.98 Å². The van der Waals surface area contributed by atoms with Gasteiger partial charge >= 0.3 is 0 Å². The third-order valence-corrected chi connectivity index (χ3v) is 3.86. The number of hydrogen-bond acceptors (Lipinski definition) is 4. The molecule has 0 atom stereocenters. The zero-order valence-corrected chi connectivity index (χ0v) is 13.7. The van der Waals surface area contributed by atoms with Gasteiger partial charge in [0.25, 0.3) is 5.91 Å². The van der Waals surface area contributed by atoms with Crippen molar-refractivity contribution in [1.29, 1.82) is 0 Å². The van der Waals surface area contributed by atoms with Crippen molar-refractivity contribution in [2.45, 2.75) is 13.5 Å². The van der Waals surface area contributed by atoms with Crippen LogP contribution in [0, 0.1) is 6.92 Å². The minimum absolute atomic E-state index is 0.0786. The SMILES string of the molecule is Cc1oc(-c2ccccc2)nc1C(=O)NCc1ccc(O)cc1Cl. The average Bonchev–Trinajstić information content (AvgIpc) is 2.96. The molecule has 0 spiro atoms. The highest BCUT2D eigenvalue weighted by molar-refractivity contribution is 6.31. The van der Waals surface area contributed by atoms with Crippen molar-refractivity contribution in [2.75, 3.05) is 0 Å². The molecule has 3 rings (SSSR count). The molecule has 122 valence electrons. The van der Waals surface area contributed by atoms with Crippen LogP contribution in [0.1, 0.15) is 21.8 Å². The van der Waals surface area contributed by atoms with Crippen molar-refractivity contribution in [3.05, 3.63) is 70.6 Å². The molecule has 1 heterocycles. The number of carbonyl (C=O) groups excluding carboxylic acids is 1. The van der Waals surface area contributed by atoms with Crippen LogP contribution in [-0.2, 0) is 6.54 Å². The van der Waals surface area contributed by atoms with Crippen molar-refractivity contribution in [1.82, 2.24) is 10.3 Å². The fourth-order valence-electron chi connectivity index (χ4n) is 2.25. The van der Waals surface area contributed by atoms with E-state index in [1.165, 1.54) is 12.1 Å². The largest absolute Gasteiger partial charge is 0.508 e. The van der Waals surface area contributed by atoms with E-state index in [9.17, 15) is 9.90 Å². The van der Waals surface area contributed by atoms with Crippen LogP contribution in [0.3, 0.4) is 0 Å². The standard InChI is InChI=1S/C18H15ClN2O3/c1-11-16(21-18(24-11)12-5-3-2-4-6-12)17(23)20-10-13-7-8-14(22)9-15(13)19/h2-9,22H,10H2,1H3,(H,20,23). The number of nitrogens with one attached hydrogen (secondary N) is 1. The number of aromatic nitrogens is 1. The van der Waals surface area contributed by atoms with Gasteiger partial charge in [-0.05, 0) is 36.8 Å². The second-order valence-corrected chi connectivity index (χ2v) is 5.66. The zero-order valence-electron chi connectivity index (χ0n) is 12.9. The number of oxazole rings is 1. The number of amides is 1. The van der Waals surface area contributed by atoms with E-state index >= 15 is 0 Å². The van der Waals surface area contributed by atoms with Crippen LogP contribution in [0.5, 0.6) is 5.75 Å². The topological polar surface area (TPSA) is 75.4 Å². The summed E-state index contributed by atoms with van der Waals surface area (Å²) in [5.74, 6) is 0.585. The van der Waals surface area contributed by atoms with Crippen LogP contribution >= 0.6 is 11.6 Å². The van der Waals surface area contributed by atoms with Crippen LogP contribution in [0.25, 0.3) is 11.5 Å². The Labute approximate surface area is 143 Å². The van der Waals surface area contributed by atoms with Crippen LogP contribution in [-0.4, -0.2) is 16.0 Å². The molecule has 0 unspecified atom stereocenters. The Hall–Kier alpha value is -2.79. The first-order valence-corrected chi connectivity index (χ1v) is 7.71. The molecule has 0 fully saturated rings. The van der Waals surface area contributed by atoms with Gasteiger partial charge in [0.15, 0.2) is 5.69 Å². The molecule has 0 aliphatic carbocycles. The van der Waals surface area contributed by atoms with Gasteiger partial charge in [0.1, 0.15) is 11.5 Å². The number of rotatable bonds is 4. The van der Waals surface area contributed by atoms with E-state index in [0.29, 0.717) is 22.2 Å². The number of aryl methyl sites for hydroxylation is 1. The average molecular weight is 343 g/mol. The first-order valence-electron chi connectivity index (χ1n) is 7.33. The molecule has 5 nitrogen and oxygen atoms in total. The van der Waals surface area contributed by atoms with Crippen LogP contribution in [0.4, 0.5) is 0 Å². The second kappa shape index (κ2) is 6.76. The third-order valence-electron chi connectivity index (χ3n) is 3.51. The lowest BCUT2D eigenvalue weighted by Crippen LogP contribution is -2.24. The summed E-state index contributed by atoms with van der Waals surface area (Å²) in [5, 5.41) is 12.5. The minimum Gasteiger partial charge on any atom is -0.508 e. The normalized spacial score (nSPS) is 10.6. The molecule has 2 N–H and O–H groups in total. The summed E-state index contributed by atoms with van der Waals surface area (Å²) < 4.78 is 5.58. The Bertz CT molecular complexity index is 875. The zero-order chi connectivity index (χ0) is 17.1. The summed E-state index contributed by atoms with van der Waals surface area (Å²) in [4.78, 5) is 16.6. The Morgan fingerprint density at radius 2 is 2.00 bits per heavy atom. The van der Waals surface area contributed by atoms with Gasteiger partial charge in [-0.3, -0.25) is 4.79 Å². The van der Waals surface area contributed by atoms with Gasteiger partial charge in [0, 0.05) is 17.1 Å². The lowest BCUT2D eigenvalue weighted by Gasteiger charge is -2.06. The van der Waals surface area contributed by atoms with Gasteiger partial charge in [-0.1, -0.05) is 35.9 Å². The molecule has 0 aliphatic rings. The van der Waals surface area contributed by atoms with Gasteiger partial charge in [0.2, 0.25) is 5.89 Å². The number of aromatic hydroxyl groups is 1. The van der Waals surface area contributed by atoms with Crippen molar-refractivity contribution in [3.8, 4) is 17.2 Å². The number of nitrogens with zero attached hydrogens (tertiary/aromatic N) is 1. The molecule has 24 heavy (non-hydrogen) atoms. The van der Waals surface area contributed by atoms with E-state index in [0.717, 1.165) is 5.56 Å². The Morgan fingerprint density at radius 1 is 1.25 bits per heavy atom. The highest BCUT2D eigenvalue weighted by Gasteiger charge is 2.18. The molecule has 0 bridgehead atoms. The number of phenolic OH excluding ortho intramolecular Hbond substituents is 1. The Kier molecular flexibility index (Phi) is 4.53. The molecule has 0 saturated carbocycles. The maximum atomic E-state index is 12.3. The van der Waals surface area contributed by atoms with E-state index in [4.69, 9.17) is 16.0 Å². The summed E-state index contributed by atoms with van der Waals surface area (Å²) in [7, 11) is 0. The fourth-order valence-corrected chi connectivity index (χ4v) is 2.49. The molecular weight excluding hydrogens is 328 g/mol. The van der Waals surface area contributed by atoms with Crippen LogP contribution in [0.2, 0.25) is 5.02 Å². The van der Waals surface area contributed by atoms with E-state index in [2.05, 4.69) is 10.3 Å². The summed E-state index contributed by atoms with van der Waals surface area (Å²) in [6.45, 7) is 1.92. The quantitative estimate of drug-likeness (QED) is 0.753. The molecule has 3 aromatic rings. The number of phenols is 1. The van der Waals surface area contributed by atoms with Crippen molar-refractivity contribution in [2.24, 2.45) is 0 Å². The molecule has 1 amide bonds. The van der Waals surface area contributed by atoms with E-state index < -0.39 is 0 Å². The first-order chi connectivity index (χ1) is 11.5. The highest BCUT2D eigenvalue weighted by Crippen LogP contribution is 2.23. The number of benzene rings is 2. The number of carbonyl (C=O) groups is 1. The fraction of sp³-hybridized carbons (Fsp3) is 0.111. The maximum absolute atomic E-state index is 12.3. The summed E-state index contributed by atoms with van der Waals surface area (Å²) >= 11 is 6.03. The molecule has 0 aliphatic heterocycles. The molecule has 0 saturated heterocycles. The molecule has 2 aromatic carbocycles. The second-order valence-electron chi connectivity index (χ2n) is 5.25. The van der Waals surface area contributed by atoms with E-state index in [1.807, 2.05) is 30.3 Å².